The van der Waals surface area contributed by atoms with Crippen LogP contribution in [0.1, 0.15) is 17.2 Å². The summed E-state index contributed by atoms with van der Waals surface area (Å²) in [5, 5.41) is 10.8. The van der Waals surface area contributed by atoms with Gasteiger partial charge in [0.15, 0.2) is 6.10 Å². The Morgan fingerprint density at radius 1 is 1.16 bits per heavy atom. The van der Waals surface area contributed by atoms with E-state index < -0.39 is 33.7 Å². The molecular formula is C16H16N2O6S. The quantitative estimate of drug-likeness (QED) is 0.622. The van der Waals surface area contributed by atoms with Crippen molar-refractivity contribution in [1.82, 2.24) is 4.72 Å². The lowest BCUT2D eigenvalue weighted by Crippen LogP contribution is -2.33. The smallest absolute Gasteiger partial charge is 0.422 e. The third-order valence-electron chi connectivity index (χ3n) is 3.28. The summed E-state index contributed by atoms with van der Waals surface area (Å²) in [6.45, 7) is 1.11. The number of nitrogens with zero attached hydrogens (tertiary/aromatic N) is 1. The molecule has 2 rings (SSSR count). The van der Waals surface area contributed by atoms with Crippen LogP contribution in [-0.2, 0) is 14.8 Å². The van der Waals surface area contributed by atoms with Crippen LogP contribution in [0, 0.1) is 17.0 Å². The second kappa shape index (κ2) is 7.75. The minimum Gasteiger partial charge on any atom is -0.434 e. The first-order chi connectivity index (χ1) is 11.8. The van der Waals surface area contributed by atoms with Crippen LogP contribution in [0.2, 0.25) is 0 Å². The molecule has 1 N–H and O–H groups in total. The summed E-state index contributed by atoms with van der Waals surface area (Å²) in [5.41, 5.74) is 1.25. The molecule has 0 spiro atoms. The fourth-order valence-corrected chi connectivity index (χ4v) is 2.93. The van der Waals surface area contributed by atoms with Gasteiger partial charge in [0, 0.05) is 4.92 Å². The number of amides is 1. The Bertz CT molecular complexity index is 850. The zero-order chi connectivity index (χ0) is 18.4. The summed E-state index contributed by atoms with van der Waals surface area (Å²) >= 11 is 0. The molecule has 9 heteroatoms. The second-order valence-electron chi connectivity index (χ2n) is 5.24. The van der Waals surface area contributed by atoms with Crippen LogP contribution in [0.5, 0.6) is 0 Å². The van der Waals surface area contributed by atoms with Crippen molar-refractivity contribution in [2.24, 2.45) is 0 Å². The topological polar surface area (TPSA) is 116 Å². The maximum absolute atomic E-state index is 12.1. The fraction of sp³-hybridized carbons (Fsp3) is 0.188. The van der Waals surface area contributed by atoms with Crippen LogP contribution in [0.25, 0.3) is 0 Å². The van der Waals surface area contributed by atoms with Gasteiger partial charge in [-0.25, -0.2) is 17.9 Å². The minimum absolute atomic E-state index is 0.111. The van der Waals surface area contributed by atoms with E-state index in [1.54, 1.807) is 54.1 Å². The molecule has 0 aromatic heterocycles. The first-order valence-electron chi connectivity index (χ1n) is 7.25. The highest BCUT2D eigenvalue weighted by Crippen LogP contribution is 2.18. The number of carbonyl (C=O) groups excluding carboxylic acids is 1. The van der Waals surface area contributed by atoms with Crippen molar-refractivity contribution in [3.8, 4) is 0 Å². The van der Waals surface area contributed by atoms with Crippen molar-refractivity contribution in [2.45, 2.75) is 17.9 Å². The van der Waals surface area contributed by atoms with Crippen molar-refractivity contribution >= 4 is 16.1 Å². The van der Waals surface area contributed by atoms with Crippen molar-refractivity contribution in [2.75, 3.05) is 6.54 Å². The van der Waals surface area contributed by atoms with Crippen LogP contribution >= 0.6 is 0 Å². The van der Waals surface area contributed by atoms with Gasteiger partial charge in [-0.2, -0.15) is 0 Å². The molecule has 0 fully saturated rings. The Balaban J connectivity index is 2.13. The van der Waals surface area contributed by atoms with E-state index in [4.69, 9.17) is 4.74 Å². The van der Waals surface area contributed by atoms with Crippen LogP contribution in [0.4, 0.5) is 4.79 Å². The van der Waals surface area contributed by atoms with Gasteiger partial charge in [0.2, 0.25) is 6.54 Å². The maximum atomic E-state index is 12.1. The number of benzene rings is 2. The molecule has 0 saturated carbocycles. The van der Waals surface area contributed by atoms with Crippen molar-refractivity contribution in [3.63, 3.8) is 0 Å². The zero-order valence-electron chi connectivity index (χ0n) is 13.3. The molecule has 8 nitrogen and oxygen atoms in total. The summed E-state index contributed by atoms with van der Waals surface area (Å²) in [5.74, 6) is 0. The van der Waals surface area contributed by atoms with Crippen LogP contribution in [-0.4, -0.2) is 26.0 Å². The normalized spacial score (nSPS) is 12.2. The molecule has 0 aliphatic carbocycles. The van der Waals surface area contributed by atoms with Gasteiger partial charge in [0.25, 0.3) is 10.0 Å². The van der Waals surface area contributed by atoms with E-state index in [-0.39, 0.29) is 4.90 Å². The maximum Gasteiger partial charge on any atom is 0.422 e. The van der Waals surface area contributed by atoms with E-state index in [1.165, 1.54) is 12.1 Å². The molecular weight excluding hydrogens is 348 g/mol. The monoisotopic (exact) mass is 364 g/mol. The predicted molar refractivity (Wildman–Crippen MR) is 89.0 cm³/mol. The van der Waals surface area contributed by atoms with E-state index >= 15 is 0 Å². The predicted octanol–water partition coefficient (Wildman–Crippen LogP) is 2.43. The van der Waals surface area contributed by atoms with Gasteiger partial charge in [-0.3, -0.25) is 10.1 Å². The van der Waals surface area contributed by atoms with Crippen molar-refractivity contribution in [3.05, 3.63) is 75.8 Å². The lowest BCUT2D eigenvalue weighted by Gasteiger charge is -2.15. The molecule has 2 aromatic carbocycles. The summed E-state index contributed by atoms with van der Waals surface area (Å²) < 4.78 is 31.0. The average Bonchev–Trinajstić information content (AvgIpc) is 2.54. The van der Waals surface area contributed by atoms with E-state index in [1.807, 2.05) is 0 Å². The number of sulfonamides is 1. The van der Waals surface area contributed by atoms with E-state index in [0.717, 1.165) is 5.56 Å². The van der Waals surface area contributed by atoms with Gasteiger partial charge in [-0.05, 0) is 24.6 Å². The molecule has 2 aromatic rings. The molecule has 0 unspecified atom stereocenters. The Kier molecular flexibility index (Phi) is 5.71. The highest BCUT2D eigenvalue weighted by molar-refractivity contribution is 7.90. The number of ether oxygens (including phenoxy) is 1. The Labute approximate surface area is 144 Å². The van der Waals surface area contributed by atoms with Gasteiger partial charge in [0.05, 0.1) is 4.90 Å². The molecule has 0 heterocycles. The second-order valence-corrected chi connectivity index (χ2v) is 6.92. The molecule has 0 saturated heterocycles. The van der Waals surface area contributed by atoms with Crippen molar-refractivity contribution < 1.29 is 22.9 Å². The van der Waals surface area contributed by atoms with Gasteiger partial charge in [-0.15, -0.1) is 0 Å². The standard InChI is InChI=1S/C16H16N2O6S/c1-12-7-9-14(10-8-12)25(22,23)17-16(19)24-15(11-18(20)21)13-5-3-2-4-6-13/h2-10,15H,11H2,1H3,(H,17,19)/t15-/m1/s1. The third-order valence-corrected chi connectivity index (χ3v) is 4.61. The van der Waals surface area contributed by atoms with Crippen LogP contribution in [0.15, 0.2) is 59.5 Å². The number of nitrogens with one attached hydrogen (secondary N) is 1. The van der Waals surface area contributed by atoms with Gasteiger partial charge < -0.3 is 4.74 Å². The Morgan fingerprint density at radius 2 is 1.76 bits per heavy atom. The Hall–Kier alpha value is -2.94. The molecule has 1 atom stereocenters. The molecule has 132 valence electrons. The number of rotatable bonds is 6. The fourth-order valence-electron chi connectivity index (χ4n) is 2.05. The highest BCUT2D eigenvalue weighted by Gasteiger charge is 2.25. The van der Waals surface area contributed by atoms with Gasteiger partial charge in [0.1, 0.15) is 0 Å². The van der Waals surface area contributed by atoms with Crippen LogP contribution in [0.3, 0.4) is 0 Å². The summed E-state index contributed by atoms with van der Waals surface area (Å²) in [6.07, 6.45) is -2.49. The highest BCUT2D eigenvalue weighted by atomic mass is 32.2. The lowest BCUT2D eigenvalue weighted by atomic mass is 10.1. The summed E-state index contributed by atoms with van der Waals surface area (Å²) in [4.78, 5) is 22.0. The molecule has 0 aliphatic rings. The first-order valence-corrected chi connectivity index (χ1v) is 8.73. The minimum atomic E-state index is -4.13. The van der Waals surface area contributed by atoms with Gasteiger partial charge in [-0.1, -0.05) is 48.0 Å². The molecule has 0 aliphatic heterocycles. The third kappa shape index (κ3) is 5.28. The molecule has 0 radical (unpaired) electrons. The molecule has 0 bridgehead atoms. The zero-order valence-corrected chi connectivity index (χ0v) is 14.1. The average molecular weight is 364 g/mol. The summed E-state index contributed by atoms with van der Waals surface area (Å²) in [7, 11) is -4.13. The number of hydrogen-bond acceptors (Lipinski definition) is 6. The van der Waals surface area contributed by atoms with E-state index in [2.05, 4.69) is 0 Å². The Morgan fingerprint density at radius 3 is 2.32 bits per heavy atom. The van der Waals surface area contributed by atoms with Gasteiger partial charge >= 0.3 is 6.09 Å². The number of hydrogen-bond donors (Lipinski definition) is 1. The largest absolute Gasteiger partial charge is 0.434 e. The SMILES string of the molecule is Cc1ccc(S(=O)(=O)NC(=O)O[C@H](C[N+](=O)[O-])c2ccccc2)cc1. The first kappa shape index (κ1) is 18.4. The summed E-state index contributed by atoms with van der Waals surface area (Å²) in [6, 6.07) is 13.9. The van der Waals surface area contributed by atoms with Crippen LogP contribution < -0.4 is 4.72 Å². The van der Waals surface area contributed by atoms with Crippen molar-refractivity contribution in [1.29, 1.82) is 0 Å². The molecule has 1 amide bonds. The number of aryl methyl sites for hydroxylation is 1. The van der Waals surface area contributed by atoms with E-state index in [9.17, 15) is 23.3 Å². The molecule has 25 heavy (non-hydrogen) atoms. The number of carbonyl (C=O) groups is 1. The lowest BCUT2D eigenvalue weighted by molar-refractivity contribution is -0.490. The number of nitro groups is 1. The van der Waals surface area contributed by atoms with E-state index in [0.29, 0.717) is 5.56 Å².